The van der Waals surface area contributed by atoms with Crippen LogP contribution >= 0.6 is 11.3 Å². The summed E-state index contributed by atoms with van der Waals surface area (Å²) in [6.07, 6.45) is -1.11. The number of aliphatic hydroxyl groups excluding tert-OH is 1. The predicted molar refractivity (Wildman–Crippen MR) is 76.8 cm³/mol. The summed E-state index contributed by atoms with van der Waals surface area (Å²) in [5.41, 5.74) is 0. The van der Waals surface area contributed by atoms with E-state index in [0.717, 1.165) is 10.9 Å². The molecule has 0 saturated carbocycles. The summed E-state index contributed by atoms with van der Waals surface area (Å²) in [5, 5.41) is 14.2. The molecule has 0 radical (unpaired) electrons. The molecular weight excluding hydrogens is 266 g/mol. The first kappa shape index (κ1) is 15.2. The van der Waals surface area contributed by atoms with Gasteiger partial charge in [0.05, 0.1) is 13.2 Å². The highest BCUT2D eigenvalue weighted by Crippen LogP contribution is 2.17. The lowest BCUT2D eigenvalue weighted by atomic mass is 10.3. The van der Waals surface area contributed by atoms with Crippen molar-refractivity contribution < 1.29 is 14.6 Å². The SMILES string of the molecule is C[Si](C)(C)CCOC(=O)NC[C@H](O)c1cccs1. The number of hydrogen-bond donors (Lipinski definition) is 2. The Morgan fingerprint density at radius 3 is 2.83 bits per heavy atom. The first-order valence-corrected chi connectivity index (χ1v) is 10.6. The van der Waals surface area contributed by atoms with Crippen LogP contribution in [-0.4, -0.2) is 32.4 Å². The molecule has 1 rings (SSSR count). The summed E-state index contributed by atoms with van der Waals surface area (Å²) in [6, 6.07) is 4.66. The van der Waals surface area contributed by atoms with Gasteiger partial charge in [0, 0.05) is 13.0 Å². The van der Waals surface area contributed by atoms with Crippen molar-refractivity contribution in [1.82, 2.24) is 5.32 Å². The Hall–Kier alpha value is -0.853. The number of rotatable bonds is 6. The Bertz CT molecular complexity index is 362. The van der Waals surface area contributed by atoms with E-state index in [-0.39, 0.29) is 6.54 Å². The molecule has 0 aliphatic heterocycles. The number of aliphatic hydroxyl groups is 1. The van der Waals surface area contributed by atoms with E-state index in [9.17, 15) is 9.90 Å². The lowest BCUT2D eigenvalue weighted by Crippen LogP contribution is -2.30. The smallest absolute Gasteiger partial charge is 0.407 e. The molecule has 1 atom stereocenters. The van der Waals surface area contributed by atoms with Crippen molar-refractivity contribution in [3.8, 4) is 0 Å². The van der Waals surface area contributed by atoms with E-state index < -0.39 is 20.3 Å². The van der Waals surface area contributed by atoms with Crippen molar-refractivity contribution in [2.45, 2.75) is 31.8 Å². The third-order valence-corrected chi connectivity index (χ3v) is 5.07. The van der Waals surface area contributed by atoms with Crippen molar-refractivity contribution in [1.29, 1.82) is 0 Å². The van der Waals surface area contributed by atoms with E-state index in [1.165, 1.54) is 11.3 Å². The van der Waals surface area contributed by atoms with Gasteiger partial charge in [0.25, 0.3) is 0 Å². The fraction of sp³-hybridized carbons (Fsp3) is 0.583. The maximum Gasteiger partial charge on any atom is 0.407 e. The molecule has 4 nitrogen and oxygen atoms in total. The van der Waals surface area contributed by atoms with Crippen LogP contribution in [0.25, 0.3) is 0 Å². The van der Waals surface area contributed by atoms with Gasteiger partial charge < -0.3 is 15.2 Å². The van der Waals surface area contributed by atoms with E-state index >= 15 is 0 Å². The second kappa shape index (κ2) is 6.91. The van der Waals surface area contributed by atoms with E-state index in [1.807, 2.05) is 17.5 Å². The third kappa shape index (κ3) is 6.18. The number of alkyl carbamates (subject to hydrolysis) is 1. The quantitative estimate of drug-likeness (QED) is 0.791. The molecule has 18 heavy (non-hydrogen) atoms. The molecule has 0 saturated heterocycles. The number of hydrogen-bond acceptors (Lipinski definition) is 4. The lowest BCUT2D eigenvalue weighted by molar-refractivity contribution is 0.136. The summed E-state index contributed by atoms with van der Waals surface area (Å²) in [4.78, 5) is 12.2. The second-order valence-corrected chi connectivity index (χ2v) is 12.0. The molecule has 1 aromatic rings. The third-order valence-electron chi connectivity index (χ3n) is 2.40. The number of nitrogens with one attached hydrogen (secondary N) is 1. The molecule has 2 N–H and O–H groups in total. The molecule has 102 valence electrons. The van der Waals surface area contributed by atoms with E-state index in [1.54, 1.807) is 0 Å². The van der Waals surface area contributed by atoms with Gasteiger partial charge in [-0.25, -0.2) is 4.79 Å². The van der Waals surface area contributed by atoms with Gasteiger partial charge in [0.1, 0.15) is 6.10 Å². The standard InChI is InChI=1S/C12H21NO3SSi/c1-18(2,3)8-6-16-12(15)13-9-10(14)11-5-4-7-17-11/h4-5,7,10,14H,6,8-9H2,1-3H3,(H,13,15)/t10-/m0/s1. The van der Waals surface area contributed by atoms with Crippen molar-refractivity contribution in [2.24, 2.45) is 0 Å². The Morgan fingerprint density at radius 2 is 2.28 bits per heavy atom. The van der Waals surface area contributed by atoms with Gasteiger partial charge in [0.2, 0.25) is 0 Å². The fourth-order valence-electron chi connectivity index (χ4n) is 1.26. The van der Waals surface area contributed by atoms with Gasteiger partial charge in [-0.3, -0.25) is 0 Å². The summed E-state index contributed by atoms with van der Waals surface area (Å²) in [6.45, 7) is 7.33. The molecule has 1 heterocycles. The summed E-state index contributed by atoms with van der Waals surface area (Å²) < 4.78 is 5.06. The average molecular weight is 287 g/mol. The van der Waals surface area contributed by atoms with Crippen LogP contribution in [0.2, 0.25) is 25.7 Å². The highest BCUT2D eigenvalue weighted by atomic mass is 32.1. The largest absolute Gasteiger partial charge is 0.450 e. The number of ether oxygens (including phenoxy) is 1. The minimum atomic E-state index is -1.17. The van der Waals surface area contributed by atoms with Crippen molar-refractivity contribution >= 4 is 25.5 Å². The molecule has 0 aliphatic carbocycles. The summed E-state index contributed by atoms with van der Waals surface area (Å²) in [7, 11) is -1.17. The predicted octanol–water partition coefficient (Wildman–Crippen LogP) is 2.85. The Kier molecular flexibility index (Phi) is 5.84. The van der Waals surface area contributed by atoms with Crippen LogP contribution in [0.3, 0.4) is 0 Å². The van der Waals surface area contributed by atoms with Gasteiger partial charge >= 0.3 is 6.09 Å². The topological polar surface area (TPSA) is 58.6 Å². The minimum Gasteiger partial charge on any atom is -0.450 e. The van der Waals surface area contributed by atoms with Crippen molar-refractivity contribution in [2.75, 3.05) is 13.2 Å². The average Bonchev–Trinajstić information content (AvgIpc) is 2.77. The van der Waals surface area contributed by atoms with E-state index in [0.29, 0.717) is 6.61 Å². The highest BCUT2D eigenvalue weighted by molar-refractivity contribution is 7.10. The lowest BCUT2D eigenvalue weighted by Gasteiger charge is -2.16. The molecule has 6 heteroatoms. The van der Waals surface area contributed by atoms with Crippen LogP contribution < -0.4 is 5.32 Å². The van der Waals surface area contributed by atoms with E-state index in [2.05, 4.69) is 25.0 Å². The van der Waals surface area contributed by atoms with Gasteiger partial charge in [-0.15, -0.1) is 11.3 Å². The first-order valence-electron chi connectivity index (χ1n) is 6.00. The normalized spacial score (nSPS) is 13.1. The molecule has 0 aliphatic rings. The monoisotopic (exact) mass is 287 g/mol. The fourth-order valence-corrected chi connectivity index (χ4v) is 2.69. The molecule has 0 aromatic carbocycles. The minimum absolute atomic E-state index is 0.187. The van der Waals surface area contributed by atoms with Crippen LogP contribution in [0.15, 0.2) is 17.5 Å². The molecular formula is C12H21NO3SSi. The zero-order valence-electron chi connectivity index (χ0n) is 11.1. The summed E-state index contributed by atoms with van der Waals surface area (Å²) in [5.74, 6) is 0. The van der Waals surface area contributed by atoms with Crippen molar-refractivity contribution in [3.63, 3.8) is 0 Å². The number of thiophene rings is 1. The maximum absolute atomic E-state index is 11.4. The zero-order valence-corrected chi connectivity index (χ0v) is 12.9. The van der Waals surface area contributed by atoms with Crippen LogP contribution in [0.4, 0.5) is 4.79 Å². The Balaban J connectivity index is 2.17. The number of carbonyl (C=O) groups excluding carboxylic acids is 1. The first-order chi connectivity index (χ1) is 8.38. The Morgan fingerprint density at radius 1 is 1.56 bits per heavy atom. The van der Waals surface area contributed by atoms with Crippen LogP contribution in [-0.2, 0) is 4.74 Å². The highest BCUT2D eigenvalue weighted by Gasteiger charge is 2.14. The molecule has 0 spiro atoms. The second-order valence-electron chi connectivity index (χ2n) is 5.36. The van der Waals surface area contributed by atoms with Crippen LogP contribution in [0, 0.1) is 0 Å². The van der Waals surface area contributed by atoms with E-state index in [4.69, 9.17) is 4.74 Å². The van der Waals surface area contributed by atoms with Crippen LogP contribution in [0.1, 0.15) is 11.0 Å². The summed E-state index contributed by atoms with van der Waals surface area (Å²) >= 11 is 1.47. The molecule has 0 bridgehead atoms. The molecule has 1 aromatic heterocycles. The van der Waals surface area contributed by atoms with Gasteiger partial charge in [0.15, 0.2) is 0 Å². The molecule has 0 unspecified atom stereocenters. The molecule has 1 amide bonds. The zero-order chi connectivity index (χ0) is 13.6. The number of amides is 1. The van der Waals surface area contributed by atoms with Gasteiger partial charge in [-0.1, -0.05) is 25.7 Å². The van der Waals surface area contributed by atoms with Crippen LogP contribution in [0.5, 0.6) is 0 Å². The van der Waals surface area contributed by atoms with Crippen molar-refractivity contribution in [3.05, 3.63) is 22.4 Å². The van der Waals surface area contributed by atoms with Gasteiger partial charge in [-0.05, 0) is 17.5 Å². The van der Waals surface area contributed by atoms with Gasteiger partial charge in [-0.2, -0.15) is 0 Å². The number of carbonyl (C=O) groups is 1. The Labute approximate surface area is 113 Å². The molecule has 0 fully saturated rings. The maximum atomic E-state index is 11.4.